The molecular weight excluding hydrogens is 204 g/mol. The number of fused-ring (bicyclic) bond motifs is 6. The van der Waals surface area contributed by atoms with Crippen molar-refractivity contribution in [3.63, 3.8) is 0 Å². The molecule has 3 heterocycles. The lowest BCUT2D eigenvalue weighted by molar-refractivity contribution is 0.303. The van der Waals surface area contributed by atoms with E-state index in [-0.39, 0.29) is 24.4 Å². The third-order valence-electron chi connectivity index (χ3n) is 3.26. The van der Waals surface area contributed by atoms with Crippen molar-refractivity contribution in [1.82, 2.24) is 4.98 Å². The second-order valence-corrected chi connectivity index (χ2v) is 4.22. The van der Waals surface area contributed by atoms with Crippen molar-refractivity contribution in [2.75, 3.05) is 0 Å². The number of nitrogens with zero attached hydrogens (tertiary/aromatic N) is 2. The van der Waals surface area contributed by atoms with Crippen LogP contribution in [0.5, 0.6) is 0 Å². The van der Waals surface area contributed by atoms with Crippen LogP contribution >= 0.6 is 0 Å². The van der Waals surface area contributed by atoms with Gasteiger partial charge in [-0.3, -0.25) is 4.98 Å². The van der Waals surface area contributed by atoms with Crippen molar-refractivity contribution in [1.29, 1.82) is 5.26 Å². The number of ether oxygens (including phenoxy) is 2. The predicted octanol–water partition coefficient (Wildman–Crippen LogP) is 1.51. The second kappa shape index (κ2) is 2.70. The van der Waals surface area contributed by atoms with Gasteiger partial charge in [0.1, 0.15) is 24.4 Å². The maximum Gasteiger partial charge on any atom is 0.129 e. The van der Waals surface area contributed by atoms with E-state index >= 15 is 0 Å². The van der Waals surface area contributed by atoms with Gasteiger partial charge in [-0.1, -0.05) is 6.07 Å². The molecule has 0 spiro atoms. The maximum absolute atomic E-state index is 8.47. The first-order valence-corrected chi connectivity index (χ1v) is 5.26. The summed E-state index contributed by atoms with van der Waals surface area (Å²) in [7, 11) is 0. The molecule has 4 atom stereocenters. The lowest BCUT2D eigenvalue weighted by Gasteiger charge is -2.07. The topological polar surface area (TPSA) is 61.7 Å². The van der Waals surface area contributed by atoms with Crippen LogP contribution in [0.25, 0.3) is 6.08 Å². The molecule has 1 aliphatic carbocycles. The minimum absolute atomic E-state index is 0.120. The Labute approximate surface area is 92.1 Å². The second-order valence-electron chi connectivity index (χ2n) is 4.22. The molecule has 0 amide bonds. The van der Waals surface area contributed by atoms with Gasteiger partial charge in [-0.05, 0) is 12.1 Å². The quantitative estimate of drug-likeness (QED) is 0.523. The molecule has 4 unspecified atom stereocenters. The first-order valence-electron chi connectivity index (χ1n) is 5.26. The fraction of sp³-hybridized carbons (Fsp3) is 0.333. The monoisotopic (exact) mass is 212 g/mol. The van der Waals surface area contributed by atoms with Gasteiger partial charge in [-0.15, -0.1) is 0 Å². The molecule has 4 rings (SSSR count). The van der Waals surface area contributed by atoms with Crippen molar-refractivity contribution in [3.8, 4) is 6.07 Å². The minimum atomic E-state index is 0.120. The molecule has 0 radical (unpaired) electrons. The van der Waals surface area contributed by atoms with Crippen LogP contribution in [0.15, 0.2) is 18.2 Å². The molecule has 4 nitrogen and oxygen atoms in total. The highest BCUT2D eigenvalue weighted by atomic mass is 16.7. The summed E-state index contributed by atoms with van der Waals surface area (Å²) in [5.74, 6) is 0. The number of pyridine rings is 1. The van der Waals surface area contributed by atoms with Crippen LogP contribution in [0.4, 0.5) is 0 Å². The molecule has 2 saturated heterocycles. The molecule has 16 heavy (non-hydrogen) atoms. The molecule has 1 aromatic heterocycles. The lowest BCUT2D eigenvalue weighted by atomic mass is 9.96. The number of hydrogen-bond donors (Lipinski definition) is 0. The number of hydrogen-bond acceptors (Lipinski definition) is 4. The van der Waals surface area contributed by atoms with Crippen molar-refractivity contribution >= 4 is 6.08 Å². The third kappa shape index (κ3) is 1.02. The summed E-state index contributed by atoms with van der Waals surface area (Å²) in [5.41, 5.74) is 2.94. The average molecular weight is 212 g/mol. The summed E-state index contributed by atoms with van der Waals surface area (Å²) < 4.78 is 11.1. The van der Waals surface area contributed by atoms with Crippen molar-refractivity contribution in [3.05, 3.63) is 35.2 Å². The van der Waals surface area contributed by atoms with E-state index in [1.165, 1.54) is 6.08 Å². The average Bonchev–Trinajstić information content (AvgIpc) is 3.15. The van der Waals surface area contributed by atoms with E-state index in [2.05, 4.69) is 4.98 Å². The zero-order valence-electron chi connectivity index (χ0n) is 8.33. The van der Waals surface area contributed by atoms with E-state index in [4.69, 9.17) is 14.7 Å². The number of aromatic nitrogens is 1. The molecule has 4 heteroatoms. The van der Waals surface area contributed by atoms with E-state index in [0.717, 1.165) is 17.0 Å². The van der Waals surface area contributed by atoms with Gasteiger partial charge in [0, 0.05) is 11.6 Å². The first kappa shape index (κ1) is 8.45. The molecule has 3 aliphatic rings. The van der Waals surface area contributed by atoms with Gasteiger partial charge in [0.25, 0.3) is 0 Å². The Balaban J connectivity index is 1.79. The van der Waals surface area contributed by atoms with Crippen molar-refractivity contribution in [2.24, 2.45) is 0 Å². The number of nitriles is 1. The number of rotatable bonds is 1. The summed E-state index contributed by atoms with van der Waals surface area (Å²) in [6, 6.07) is 5.90. The Morgan fingerprint density at radius 1 is 1.25 bits per heavy atom. The Hall–Kier alpha value is -1.70. The summed E-state index contributed by atoms with van der Waals surface area (Å²) in [4.78, 5) is 4.51. The number of epoxide rings is 2. The highest BCUT2D eigenvalue weighted by Crippen LogP contribution is 2.59. The van der Waals surface area contributed by atoms with Gasteiger partial charge in [0.2, 0.25) is 0 Å². The zero-order chi connectivity index (χ0) is 10.7. The predicted molar refractivity (Wildman–Crippen MR) is 54.1 cm³/mol. The lowest BCUT2D eigenvalue weighted by Crippen LogP contribution is -2.09. The van der Waals surface area contributed by atoms with Crippen LogP contribution in [0.1, 0.15) is 29.2 Å². The van der Waals surface area contributed by atoms with Crippen LogP contribution in [-0.2, 0) is 9.47 Å². The van der Waals surface area contributed by atoms with Gasteiger partial charge in [-0.2, -0.15) is 5.26 Å². The van der Waals surface area contributed by atoms with E-state index in [0.29, 0.717) is 0 Å². The molecular formula is C12H8N2O2. The Morgan fingerprint density at radius 2 is 2.06 bits per heavy atom. The standard InChI is InChI=1S/C12H8N2O2/c13-5-1-2-6-3-4-7-8(14-6)10-12(16-10)11-9(7)15-11/h1-4,9-12H. The summed E-state index contributed by atoms with van der Waals surface area (Å²) >= 11 is 0. The van der Waals surface area contributed by atoms with E-state index < -0.39 is 0 Å². The van der Waals surface area contributed by atoms with Crippen LogP contribution < -0.4 is 0 Å². The molecule has 1 aromatic rings. The maximum atomic E-state index is 8.47. The van der Waals surface area contributed by atoms with Gasteiger partial charge >= 0.3 is 0 Å². The molecule has 0 aromatic carbocycles. The van der Waals surface area contributed by atoms with Crippen LogP contribution in [0.2, 0.25) is 0 Å². The smallest absolute Gasteiger partial charge is 0.129 e. The molecule has 0 saturated carbocycles. The summed E-state index contributed by atoms with van der Waals surface area (Å²) in [6.07, 6.45) is 3.94. The number of allylic oxidation sites excluding steroid dienone is 1. The molecule has 0 bridgehead atoms. The Bertz CT molecular complexity index is 546. The van der Waals surface area contributed by atoms with Crippen molar-refractivity contribution in [2.45, 2.75) is 24.4 Å². The SMILES string of the molecule is N#CC=Cc1ccc2c(n1)C1OC1C1OC21. The fourth-order valence-electron chi connectivity index (χ4n) is 2.40. The van der Waals surface area contributed by atoms with E-state index in [1.807, 2.05) is 18.2 Å². The molecule has 2 aliphatic heterocycles. The highest BCUT2D eigenvalue weighted by molar-refractivity contribution is 5.50. The van der Waals surface area contributed by atoms with Gasteiger partial charge in [0.15, 0.2) is 0 Å². The Morgan fingerprint density at radius 3 is 2.94 bits per heavy atom. The van der Waals surface area contributed by atoms with Crippen LogP contribution in [0, 0.1) is 11.3 Å². The van der Waals surface area contributed by atoms with E-state index in [9.17, 15) is 0 Å². The largest absolute Gasteiger partial charge is 0.361 e. The fourth-order valence-corrected chi connectivity index (χ4v) is 2.40. The third-order valence-corrected chi connectivity index (χ3v) is 3.26. The summed E-state index contributed by atoms with van der Waals surface area (Å²) in [5, 5.41) is 8.47. The normalized spacial score (nSPS) is 37.2. The minimum Gasteiger partial charge on any atom is -0.361 e. The van der Waals surface area contributed by atoms with Gasteiger partial charge in [0.05, 0.1) is 17.5 Å². The highest BCUT2D eigenvalue weighted by Gasteiger charge is 2.64. The van der Waals surface area contributed by atoms with Gasteiger partial charge in [-0.25, -0.2) is 0 Å². The van der Waals surface area contributed by atoms with Crippen molar-refractivity contribution < 1.29 is 9.47 Å². The molecule has 2 fully saturated rings. The van der Waals surface area contributed by atoms with E-state index in [1.54, 1.807) is 6.08 Å². The molecule has 0 N–H and O–H groups in total. The Kier molecular flexibility index (Phi) is 1.43. The van der Waals surface area contributed by atoms with Gasteiger partial charge < -0.3 is 9.47 Å². The molecule has 78 valence electrons. The first-order chi connectivity index (χ1) is 7.88. The zero-order valence-corrected chi connectivity index (χ0v) is 8.33. The van der Waals surface area contributed by atoms with Crippen LogP contribution in [0.3, 0.4) is 0 Å². The van der Waals surface area contributed by atoms with Crippen LogP contribution in [-0.4, -0.2) is 17.2 Å². The summed E-state index contributed by atoms with van der Waals surface area (Å²) in [6.45, 7) is 0.